The molecule has 0 spiro atoms. The lowest BCUT2D eigenvalue weighted by Gasteiger charge is -2.13. The van der Waals surface area contributed by atoms with Crippen LogP contribution in [-0.4, -0.2) is 33.7 Å². The summed E-state index contributed by atoms with van der Waals surface area (Å²) in [5, 5.41) is 11.3. The van der Waals surface area contributed by atoms with Gasteiger partial charge >= 0.3 is 11.7 Å². The lowest BCUT2D eigenvalue weighted by molar-refractivity contribution is -0.385. The molecule has 0 radical (unpaired) electrons. The monoisotopic (exact) mass is 393 g/mol. The van der Waals surface area contributed by atoms with Gasteiger partial charge in [-0.3, -0.25) is 24.0 Å². The van der Waals surface area contributed by atoms with Crippen LogP contribution in [0.25, 0.3) is 0 Å². The first kappa shape index (κ1) is 20.7. The first-order valence-corrected chi connectivity index (χ1v) is 8.13. The fourth-order valence-electron chi connectivity index (χ4n) is 2.43. The molecule has 0 aliphatic carbocycles. The van der Waals surface area contributed by atoms with Crippen molar-refractivity contribution >= 4 is 11.7 Å². The van der Waals surface area contributed by atoms with Crippen LogP contribution in [-0.2, 0) is 25.4 Å². The molecule has 0 aliphatic heterocycles. The zero-order chi connectivity index (χ0) is 21.0. The van der Waals surface area contributed by atoms with E-state index in [0.29, 0.717) is 0 Å². The van der Waals surface area contributed by atoms with Crippen LogP contribution in [0.4, 0.5) is 5.69 Å². The fourth-order valence-corrected chi connectivity index (χ4v) is 2.43. The summed E-state index contributed by atoms with van der Waals surface area (Å²) >= 11 is 0. The van der Waals surface area contributed by atoms with Gasteiger partial charge in [-0.25, -0.2) is 9.59 Å². The van der Waals surface area contributed by atoms with E-state index in [1.807, 2.05) is 0 Å². The SMILES string of the molecule is CCOc1cc(C(=O)OCc2cc(=O)n(C)c(=O)n2C)c([N+](=O)[O-])cc1OC. The number of nitro benzene ring substituents is 1. The van der Waals surface area contributed by atoms with Gasteiger partial charge in [-0.1, -0.05) is 0 Å². The van der Waals surface area contributed by atoms with E-state index in [1.54, 1.807) is 6.92 Å². The molecule has 0 amide bonds. The summed E-state index contributed by atoms with van der Waals surface area (Å²) < 4.78 is 17.5. The number of hydrogen-bond donors (Lipinski definition) is 0. The van der Waals surface area contributed by atoms with Gasteiger partial charge in [0.25, 0.3) is 11.2 Å². The second-order valence-corrected chi connectivity index (χ2v) is 5.66. The van der Waals surface area contributed by atoms with Crippen molar-refractivity contribution in [2.45, 2.75) is 13.5 Å². The van der Waals surface area contributed by atoms with Crippen molar-refractivity contribution in [1.29, 1.82) is 0 Å². The summed E-state index contributed by atoms with van der Waals surface area (Å²) in [4.78, 5) is 46.7. The van der Waals surface area contributed by atoms with Crippen molar-refractivity contribution in [3.05, 3.63) is 60.4 Å². The number of rotatable bonds is 7. The van der Waals surface area contributed by atoms with Gasteiger partial charge in [0.1, 0.15) is 12.2 Å². The highest BCUT2D eigenvalue weighted by Gasteiger charge is 2.26. The average Bonchev–Trinajstić information content (AvgIpc) is 2.67. The van der Waals surface area contributed by atoms with Gasteiger partial charge in [0.05, 0.1) is 30.4 Å². The lowest BCUT2D eigenvalue weighted by Crippen LogP contribution is -2.38. The summed E-state index contributed by atoms with van der Waals surface area (Å²) in [6, 6.07) is 3.37. The molecule has 11 heteroatoms. The predicted octanol–water partition coefficient (Wildman–Crippen LogP) is 0.756. The molecule has 2 aromatic rings. The van der Waals surface area contributed by atoms with Crippen LogP contribution in [0.5, 0.6) is 11.5 Å². The molecular formula is C17H19N3O8. The number of methoxy groups -OCH3 is 1. The number of esters is 1. The van der Waals surface area contributed by atoms with Gasteiger partial charge < -0.3 is 14.2 Å². The fraction of sp³-hybridized carbons (Fsp3) is 0.353. The Balaban J connectivity index is 2.39. The van der Waals surface area contributed by atoms with Gasteiger partial charge in [-0.2, -0.15) is 0 Å². The molecule has 1 aromatic carbocycles. The Hall–Kier alpha value is -3.63. The third-order valence-corrected chi connectivity index (χ3v) is 3.97. The molecule has 2 rings (SSSR count). The summed E-state index contributed by atoms with van der Waals surface area (Å²) in [5.74, 6) is -0.772. The Labute approximate surface area is 158 Å². The topological polar surface area (TPSA) is 132 Å². The molecule has 1 heterocycles. The van der Waals surface area contributed by atoms with Crippen LogP contribution in [0.3, 0.4) is 0 Å². The zero-order valence-electron chi connectivity index (χ0n) is 15.8. The number of hydrogen-bond acceptors (Lipinski definition) is 8. The minimum Gasteiger partial charge on any atom is -0.493 e. The normalized spacial score (nSPS) is 10.4. The Morgan fingerprint density at radius 1 is 1.14 bits per heavy atom. The Morgan fingerprint density at radius 2 is 1.82 bits per heavy atom. The summed E-state index contributed by atoms with van der Waals surface area (Å²) in [6.07, 6.45) is 0. The Morgan fingerprint density at radius 3 is 2.39 bits per heavy atom. The molecule has 11 nitrogen and oxygen atoms in total. The average molecular weight is 393 g/mol. The van der Waals surface area contributed by atoms with E-state index >= 15 is 0 Å². The highest BCUT2D eigenvalue weighted by molar-refractivity contribution is 5.95. The number of nitrogens with zero attached hydrogens (tertiary/aromatic N) is 3. The van der Waals surface area contributed by atoms with Crippen LogP contribution < -0.4 is 20.7 Å². The molecule has 28 heavy (non-hydrogen) atoms. The second-order valence-electron chi connectivity index (χ2n) is 5.66. The smallest absolute Gasteiger partial charge is 0.345 e. The molecule has 0 fully saturated rings. The number of benzene rings is 1. The van der Waals surface area contributed by atoms with Crippen molar-refractivity contribution in [1.82, 2.24) is 9.13 Å². The van der Waals surface area contributed by atoms with Crippen molar-refractivity contribution in [2.75, 3.05) is 13.7 Å². The standard InChI is InChI=1S/C17H19N3O8/c1-5-27-14-7-11(12(20(24)25)8-13(14)26-4)16(22)28-9-10-6-15(21)19(3)17(23)18(10)2/h6-8H,5,9H2,1-4H3. The van der Waals surface area contributed by atoms with Crippen molar-refractivity contribution < 1.29 is 23.9 Å². The number of aromatic nitrogens is 2. The minimum atomic E-state index is -1.01. The number of nitro groups is 1. The molecule has 0 aliphatic rings. The van der Waals surface area contributed by atoms with E-state index in [-0.39, 0.29) is 29.4 Å². The quantitative estimate of drug-likeness (QED) is 0.382. The summed E-state index contributed by atoms with van der Waals surface area (Å²) in [5.41, 5.74) is -1.88. The molecule has 0 saturated heterocycles. The molecule has 150 valence electrons. The Kier molecular flexibility index (Phi) is 6.18. The van der Waals surface area contributed by atoms with E-state index in [4.69, 9.17) is 14.2 Å². The third kappa shape index (κ3) is 4.03. The first-order valence-electron chi connectivity index (χ1n) is 8.13. The molecule has 0 unspecified atom stereocenters. The van der Waals surface area contributed by atoms with E-state index in [0.717, 1.165) is 27.3 Å². The van der Waals surface area contributed by atoms with Gasteiger partial charge in [0, 0.05) is 26.2 Å². The maximum atomic E-state index is 12.5. The first-order chi connectivity index (χ1) is 13.2. The summed E-state index contributed by atoms with van der Waals surface area (Å²) in [7, 11) is 4.04. The molecule has 0 saturated carbocycles. The highest BCUT2D eigenvalue weighted by atomic mass is 16.6. The van der Waals surface area contributed by atoms with E-state index in [1.165, 1.54) is 21.2 Å². The van der Waals surface area contributed by atoms with Gasteiger partial charge in [-0.05, 0) is 6.92 Å². The third-order valence-electron chi connectivity index (χ3n) is 3.97. The van der Waals surface area contributed by atoms with E-state index in [9.17, 15) is 24.5 Å². The molecular weight excluding hydrogens is 374 g/mol. The van der Waals surface area contributed by atoms with Gasteiger partial charge in [0.15, 0.2) is 11.5 Å². The second kappa shape index (κ2) is 8.37. The maximum absolute atomic E-state index is 12.5. The highest BCUT2D eigenvalue weighted by Crippen LogP contribution is 2.35. The molecule has 0 bridgehead atoms. The van der Waals surface area contributed by atoms with Crippen LogP contribution in [0.15, 0.2) is 27.8 Å². The Bertz CT molecular complexity index is 1040. The van der Waals surface area contributed by atoms with E-state index < -0.39 is 34.4 Å². The van der Waals surface area contributed by atoms with Gasteiger partial charge in [0.2, 0.25) is 0 Å². The van der Waals surface area contributed by atoms with Crippen molar-refractivity contribution in [3.63, 3.8) is 0 Å². The van der Waals surface area contributed by atoms with Crippen molar-refractivity contribution in [3.8, 4) is 11.5 Å². The lowest BCUT2D eigenvalue weighted by atomic mass is 10.1. The molecule has 1 aromatic heterocycles. The molecule has 0 N–H and O–H groups in total. The zero-order valence-corrected chi connectivity index (χ0v) is 15.8. The molecule has 0 atom stereocenters. The predicted molar refractivity (Wildman–Crippen MR) is 96.9 cm³/mol. The largest absolute Gasteiger partial charge is 0.493 e. The minimum absolute atomic E-state index is 0.0963. The van der Waals surface area contributed by atoms with Crippen LogP contribution in [0.2, 0.25) is 0 Å². The van der Waals surface area contributed by atoms with Gasteiger partial charge in [-0.15, -0.1) is 0 Å². The van der Waals surface area contributed by atoms with Crippen LogP contribution in [0, 0.1) is 10.1 Å². The van der Waals surface area contributed by atoms with Crippen LogP contribution >= 0.6 is 0 Å². The maximum Gasteiger partial charge on any atom is 0.345 e. The van der Waals surface area contributed by atoms with Crippen LogP contribution in [0.1, 0.15) is 23.0 Å². The number of carbonyl (C=O) groups excluding carboxylic acids is 1. The number of carbonyl (C=O) groups is 1. The van der Waals surface area contributed by atoms with E-state index in [2.05, 4.69) is 0 Å². The summed E-state index contributed by atoms with van der Waals surface area (Å²) in [6.45, 7) is 1.53. The number of ether oxygens (including phenoxy) is 3. The van der Waals surface area contributed by atoms with Crippen molar-refractivity contribution in [2.24, 2.45) is 14.1 Å².